The summed E-state index contributed by atoms with van der Waals surface area (Å²) in [4.78, 5) is 31.3. The first-order valence-corrected chi connectivity index (χ1v) is 11.7. The van der Waals surface area contributed by atoms with E-state index in [0.29, 0.717) is 12.5 Å². The third kappa shape index (κ3) is 4.76. The number of hydrogen-bond acceptors (Lipinski definition) is 4. The molecule has 1 aromatic carbocycles. The first kappa shape index (κ1) is 24.4. The van der Waals surface area contributed by atoms with Crippen molar-refractivity contribution in [1.29, 1.82) is 0 Å². The number of amides is 2. The highest BCUT2D eigenvalue weighted by Crippen LogP contribution is 2.41. The molecule has 3 N–H and O–H groups in total. The molecule has 2 unspecified atom stereocenters. The molecule has 6 nitrogen and oxygen atoms in total. The van der Waals surface area contributed by atoms with Gasteiger partial charge in [-0.3, -0.25) is 14.6 Å². The predicted octanol–water partition coefficient (Wildman–Crippen LogP) is 3.73. The molecule has 0 bridgehead atoms. The molecule has 1 heterocycles. The van der Waals surface area contributed by atoms with Crippen LogP contribution in [0.25, 0.3) is 0 Å². The molecular weight excluding hydrogens is 447 g/mol. The van der Waals surface area contributed by atoms with Crippen molar-refractivity contribution < 1.29 is 27.9 Å². The monoisotopic (exact) mass is 477 g/mol. The van der Waals surface area contributed by atoms with Crippen LogP contribution in [-0.2, 0) is 10.4 Å². The molecule has 0 radical (unpaired) electrons. The lowest BCUT2D eigenvalue weighted by atomic mass is 9.74. The zero-order valence-corrected chi connectivity index (χ0v) is 19.0. The van der Waals surface area contributed by atoms with Gasteiger partial charge in [0.2, 0.25) is 5.91 Å². The van der Waals surface area contributed by atoms with Crippen molar-refractivity contribution in [2.24, 2.45) is 22.6 Å². The van der Waals surface area contributed by atoms with Crippen molar-refractivity contribution in [3.63, 3.8) is 0 Å². The number of primary amides is 1. The summed E-state index contributed by atoms with van der Waals surface area (Å²) < 4.78 is 39.4. The molecule has 2 aliphatic carbocycles. The number of halogens is 3. The van der Waals surface area contributed by atoms with Crippen LogP contribution in [0, 0.1) is 11.8 Å². The molecule has 2 fully saturated rings. The Bertz CT molecular complexity index is 975. The number of nitrogens with two attached hydrogens (primary N) is 1. The third-order valence-electron chi connectivity index (χ3n) is 7.42. The maximum Gasteiger partial charge on any atom is 0.421 e. The molecule has 3 atom stereocenters. The Morgan fingerprint density at radius 2 is 1.59 bits per heavy atom. The molecule has 0 aromatic heterocycles. The highest BCUT2D eigenvalue weighted by Gasteiger charge is 2.51. The maximum absolute atomic E-state index is 13.4. The van der Waals surface area contributed by atoms with Crippen molar-refractivity contribution in [2.75, 3.05) is 0 Å². The number of aliphatic hydroxyl groups is 1. The van der Waals surface area contributed by atoms with Crippen LogP contribution >= 0.6 is 0 Å². The van der Waals surface area contributed by atoms with E-state index < -0.39 is 23.7 Å². The van der Waals surface area contributed by atoms with Crippen LogP contribution in [0.5, 0.6) is 0 Å². The van der Waals surface area contributed by atoms with Gasteiger partial charge in [0.15, 0.2) is 5.60 Å². The zero-order chi connectivity index (χ0) is 24.7. The average Bonchev–Trinajstić information content (AvgIpc) is 3.64. The Morgan fingerprint density at radius 3 is 2.09 bits per heavy atom. The fraction of sp³-hybridized carbons (Fsp3) is 0.560. The molecule has 0 saturated heterocycles. The van der Waals surface area contributed by atoms with Crippen LogP contribution in [0.3, 0.4) is 0 Å². The molecule has 1 aromatic rings. The summed E-state index contributed by atoms with van der Waals surface area (Å²) in [5.74, 6) is -0.415. The standard InChI is InChI=1S/C25H30F3N3O3/c1-24(34,25(26,27)28)17-8-4-16(5-9-17)23(33)31(19-12-13-19)18-10-6-15(7-11-18)20-3-2-14-30-21(20)22(29)32/h2-5,8-9,14-15,18-21,34H,6-7,10-13H2,1H3,(H2,29,32)/t15-,18-,20?,21?,24-/m0/s1. The third-order valence-corrected chi connectivity index (χ3v) is 7.42. The lowest BCUT2D eigenvalue weighted by Crippen LogP contribution is -2.46. The van der Waals surface area contributed by atoms with Crippen molar-refractivity contribution in [3.8, 4) is 0 Å². The van der Waals surface area contributed by atoms with E-state index in [9.17, 15) is 27.9 Å². The summed E-state index contributed by atoms with van der Waals surface area (Å²) in [5.41, 5.74) is 2.56. The number of alkyl halides is 3. The molecular formula is C25H30F3N3O3. The molecule has 0 spiro atoms. The minimum atomic E-state index is -4.82. The SMILES string of the molecule is C[C@](O)(c1ccc(C(=O)N(C2CC2)[C@H]2CC[C@H](C3C=CC=NC3C(N)=O)CC2)cc1)C(F)(F)F. The highest BCUT2D eigenvalue weighted by atomic mass is 19.4. The Hall–Kier alpha value is -2.68. The topological polar surface area (TPSA) is 96.0 Å². The number of hydrogen-bond donors (Lipinski definition) is 2. The summed E-state index contributed by atoms with van der Waals surface area (Å²) in [6.07, 6.45) is 5.69. The fourth-order valence-corrected chi connectivity index (χ4v) is 5.20. The van der Waals surface area contributed by atoms with Crippen LogP contribution in [0.15, 0.2) is 41.4 Å². The molecule has 34 heavy (non-hydrogen) atoms. The van der Waals surface area contributed by atoms with Gasteiger partial charge in [-0.15, -0.1) is 0 Å². The Labute approximate surface area is 196 Å². The zero-order valence-electron chi connectivity index (χ0n) is 19.0. The molecule has 184 valence electrons. The van der Waals surface area contributed by atoms with Crippen LogP contribution in [0.1, 0.15) is 61.4 Å². The second-order valence-electron chi connectivity index (χ2n) is 9.77. The van der Waals surface area contributed by atoms with Gasteiger partial charge in [0, 0.05) is 29.8 Å². The van der Waals surface area contributed by atoms with Crippen molar-refractivity contribution in [2.45, 2.75) is 75.4 Å². The van der Waals surface area contributed by atoms with E-state index in [-0.39, 0.29) is 35.4 Å². The molecule has 3 aliphatic rings. The van der Waals surface area contributed by atoms with Crippen LogP contribution < -0.4 is 5.73 Å². The minimum Gasteiger partial charge on any atom is -0.376 e. The van der Waals surface area contributed by atoms with E-state index in [1.807, 2.05) is 17.1 Å². The molecule has 2 saturated carbocycles. The number of carbonyl (C=O) groups is 2. The number of carbonyl (C=O) groups excluding carboxylic acids is 2. The first-order valence-electron chi connectivity index (χ1n) is 11.7. The second kappa shape index (κ2) is 9.17. The summed E-state index contributed by atoms with van der Waals surface area (Å²) in [6, 6.07) is 4.69. The molecule has 4 rings (SSSR count). The van der Waals surface area contributed by atoms with Gasteiger partial charge in [-0.1, -0.05) is 18.2 Å². The summed E-state index contributed by atoms with van der Waals surface area (Å²) >= 11 is 0. The van der Waals surface area contributed by atoms with Gasteiger partial charge < -0.3 is 15.7 Å². The van der Waals surface area contributed by atoms with Gasteiger partial charge in [0.25, 0.3) is 5.91 Å². The highest BCUT2D eigenvalue weighted by molar-refractivity contribution is 5.95. The number of aliphatic imine (C=N–C) groups is 1. The van der Waals surface area contributed by atoms with E-state index in [0.717, 1.165) is 38.5 Å². The molecule has 2 amide bonds. The Morgan fingerprint density at radius 1 is 1.03 bits per heavy atom. The van der Waals surface area contributed by atoms with Gasteiger partial charge in [0.05, 0.1) is 0 Å². The average molecular weight is 478 g/mol. The molecule has 9 heteroatoms. The normalized spacial score (nSPS) is 28.9. The van der Waals surface area contributed by atoms with E-state index >= 15 is 0 Å². The predicted molar refractivity (Wildman–Crippen MR) is 121 cm³/mol. The van der Waals surface area contributed by atoms with Crippen LogP contribution in [0.4, 0.5) is 13.2 Å². The van der Waals surface area contributed by atoms with Crippen molar-refractivity contribution in [1.82, 2.24) is 4.90 Å². The summed E-state index contributed by atoms with van der Waals surface area (Å²) in [6.45, 7) is 0.703. The Balaban J connectivity index is 1.44. The number of nitrogens with zero attached hydrogens (tertiary/aromatic N) is 2. The van der Waals surface area contributed by atoms with Gasteiger partial charge in [0.1, 0.15) is 6.04 Å². The van der Waals surface area contributed by atoms with Crippen molar-refractivity contribution >= 4 is 18.0 Å². The van der Waals surface area contributed by atoms with Crippen molar-refractivity contribution in [3.05, 3.63) is 47.5 Å². The quantitative estimate of drug-likeness (QED) is 0.654. The Kier molecular flexibility index (Phi) is 6.59. The van der Waals surface area contributed by atoms with Gasteiger partial charge in [-0.05, 0) is 75.1 Å². The summed E-state index contributed by atoms with van der Waals surface area (Å²) in [7, 11) is 0. The minimum absolute atomic E-state index is 0.0392. The van der Waals surface area contributed by atoms with Gasteiger partial charge in [-0.25, -0.2) is 0 Å². The van der Waals surface area contributed by atoms with Crippen LogP contribution in [-0.4, -0.2) is 52.3 Å². The number of rotatable bonds is 6. The molecule has 1 aliphatic heterocycles. The van der Waals surface area contributed by atoms with E-state index in [4.69, 9.17) is 5.73 Å². The van der Waals surface area contributed by atoms with Gasteiger partial charge in [-0.2, -0.15) is 13.2 Å². The maximum atomic E-state index is 13.4. The van der Waals surface area contributed by atoms with Crippen LogP contribution in [0.2, 0.25) is 0 Å². The number of dihydropyridines is 1. The number of allylic oxidation sites excluding steroid dienone is 1. The largest absolute Gasteiger partial charge is 0.421 e. The fourth-order valence-electron chi connectivity index (χ4n) is 5.20. The lowest BCUT2D eigenvalue weighted by Gasteiger charge is -2.40. The van der Waals surface area contributed by atoms with E-state index in [2.05, 4.69) is 4.99 Å². The second-order valence-corrected chi connectivity index (χ2v) is 9.77. The smallest absolute Gasteiger partial charge is 0.376 e. The summed E-state index contributed by atoms with van der Waals surface area (Å²) in [5, 5.41) is 9.89. The van der Waals surface area contributed by atoms with Gasteiger partial charge >= 0.3 is 6.18 Å². The number of benzene rings is 1. The van der Waals surface area contributed by atoms with E-state index in [1.54, 1.807) is 6.21 Å². The van der Waals surface area contributed by atoms with E-state index in [1.165, 1.54) is 24.3 Å². The first-order chi connectivity index (χ1) is 16.0. The lowest BCUT2D eigenvalue weighted by molar-refractivity contribution is -0.258.